The maximum Gasteiger partial charge on any atom is 0.120 e. The molecule has 1 aromatic carbocycles. The summed E-state index contributed by atoms with van der Waals surface area (Å²) in [6.07, 6.45) is 1.89. The van der Waals surface area contributed by atoms with Crippen LogP contribution >= 0.6 is 0 Å². The molecule has 0 spiro atoms. The van der Waals surface area contributed by atoms with Crippen molar-refractivity contribution < 1.29 is 4.74 Å². The Hall–Kier alpha value is -1.97. The van der Waals surface area contributed by atoms with Crippen LogP contribution < -0.4 is 10.1 Å². The fourth-order valence-corrected chi connectivity index (χ4v) is 1.65. The van der Waals surface area contributed by atoms with E-state index in [1.807, 2.05) is 42.2 Å². The minimum absolute atomic E-state index is 0.771. The Morgan fingerprint density at radius 3 is 2.88 bits per heavy atom. The van der Waals surface area contributed by atoms with Gasteiger partial charge in [-0.05, 0) is 19.1 Å². The first-order valence-corrected chi connectivity index (χ1v) is 5.56. The molecule has 0 aliphatic carbocycles. The van der Waals surface area contributed by atoms with Gasteiger partial charge in [-0.25, -0.2) is 0 Å². The Kier molecular flexibility index (Phi) is 3.32. The second kappa shape index (κ2) is 4.91. The fourth-order valence-electron chi connectivity index (χ4n) is 1.65. The van der Waals surface area contributed by atoms with E-state index >= 15 is 0 Å². The zero-order valence-electron chi connectivity index (χ0n) is 10.4. The SMILES string of the molecule is COc1cccc(NCc2cnn(C)c2C)c1. The van der Waals surface area contributed by atoms with Crippen molar-refractivity contribution >= 4 is 5.69 Å². The van der Waals surface area contributed by atoms with Crippen LogP contribution in [0.3, 0.4) is 0 Å². The third-order valence-electron chi connectivity index (χ3n) is 2.89. The molecule has 0 aliphatic rings. The van der Waals surface area contributed by atoms with E-state index in [1.54, 1.807) is 7.11 Å². The molecular formula is C13H17N3O. The molecule has 2 rings (SSSR count). The van der Waals surface area contributed by atoms with E-state index < -0.39 is 0 Å². The second-order valence-corrected chi connectivity index (χ2v) is 3.96. The van der Waals surface area contributed by atoms with Gasteiger partial charge in [0.25, 0.3) is 0 Å². The lowest BCUT2D eigenvalue weighted by Gasteiger charge is -2.07. The Morgan fingerprint density at radius 2 is 2.24 bits per heavy atom. The van der Waals surface area contributed by atoms with Crippen molar-refractivity contribution in [1.29, 1.82) is 0 Å². The van der Waals surface area contributed by atoms with Crippen LogP contribution in [-0.4, -0.2) is 16.9 Å². The average Bonchev–Trinajstić information content (AvgIpc) is 2.68. The van der Waals surface area contributed by atoms with E-state index in [0.29, 0.717) is 0 Å². The number of methoxy groups -OCH3 is 1. The minimum atomic E-state index is 0.771. The molecule has 0 atom stereocenters. The molecule has 0 saturated carbocycles. The van der Waals surface area contributed by atoms with Crippen LogP contribution in [0.2, 0.25) is 0 Å². The van der Waals surface area contributed by atoms with Crippen molar-refractivity contribution in [3.05, 3.63) is 41.7 Å². The lowest BCUT2D eigenvalue weighted by Crippen LogP contribution is -2.01. The summed E-state index contributed by atoms with van der Waals surface area (Å²) in [6, 6.07) is 7.90. The van der Waals surface area contributed by atoms with Gasteiger partial charge in [0, 0.05) is 36.6 Å². The van der Waals surface area contributed by atoms with Gasteiger partial charge in [-0.15, -0.1) is 0 Å². The van der Waals surface area contributed by atoms with Gasteiger partial charge in [0.05, 0.1) is 13.3 Å². The second-order valence-electron chi connectivity index (χ2n) is 3.96. The van der Waals surface area contributed by atoms with Crippen molar-refractivity contribution in [2.24, 2.45) is 7.05 Å². The summed E-state index contributed by atoms with van der Waals surface area (Å²) in [6.45, 7) is 2.84. The molecule has 1 heterocycles. The van der Waals surface area contributed by atoms with Crippen LogP contribution in [0.4, 0.5) is 5.69 Å². The van der Waals surface area contributed by atoms with Crippen LogP contribution in [0, 0.1) is 6.92 Å². The highest BCUT2D eigenvalue weighted by Crippen LogP contribution is 2.17. The predicted octanol–water partition coefficient (Wildman–Crippen LogP) is 2.35. The molecule has 0 saturated heterocycles. The summed E-state index contributed by atoms with van der Waals surface area (Å²) in [5.41, 5.74) is 3.43. The number of nitrogens with one attached hydrogen (secondary N) is 1. The van der Waals surface area contributed by atoms with Crippen molar-refractivity contribution in [2.45, 2.75) is 13.5 Å². The molecule has 1 aromatic heterocycles. The summed E-state index contributed by atoms with van der Waals surface area (Å²) in [5.74, 6) is 0.859. The molecule has 4 nitrogen and oxygen atoms in total. The van der Waals surface area contributed by atoms with Crippen molar-refractivity contribution in [3.63, 3.8) is 0 Å². The van der Waals surface area contributed by atoms with Gasteiger partial charge in [0.2, 0.25) is 0 Å². The summed E-state index contributed by atoms with van der Waals surface area (Å²) < 4.78 is 7.06. The first-order chi connectivity index (χ1) is 8.20. The van der Waals surface area contributed by atoms with Gasteiger partial charge in [0.1, 0.15) is 5.75 Å². The van der Waals surface area contributed by atoms with E-state index in [4.69, 9.17) is 4.74 Å². The largest absolute Gasteiger partial charge is 0.497 e. The molecule has 17 heavy (non-hydrogen) atoms. The number of rotatable bonds is 4. The van der Waals surface area contributed by atoms with E-state index in [0.717, 1.165) is 18.0 Å². The molecule has 0 radical (unpaired) electrons. The molecule has 90 valence electrons. The van der Waals surface area contributed by atoms with Gasteiger partial charge in [-0.1, -0.05) is 6.07 Å². The number of benzene rings is 1. The zero-order valence-corrected chi connectivity index (χ0v) is 10.4. The molecule has 0 unspecified atom stereocenters. The lowest BCUT2D eigenvalue weighted by molar-refractivity contribution is 0.415. The molecule has 0 amide bonds. The molecule has 0 bridgehead atoms. The highest BCUT2D eigenvalue weighted by Gasteiger charge is 2.03. The summed E-state index contributed by atoms with van der Waals surface area (Å²) >= 11 is 0. The van der Waals surface area contributed by atoms with Crippen molar-refractivity contribution in [3.8, 4) is 5.75 Å². The monoisotopic (exact) mass is 231 g/mol. The Balaban J connectivity index is 2.04. The summed E-state index contributed by atoms with van der Waals surface area (Å²) in [5, 5.41) is 7.57. The van der Waals surface area contributed by atoms with Crippen LogP contribution in [0.5, 0.6) is 5.75 Å². The Labute approximate surface area is 101 Å². The van der Waals surface area contributed by atoms with Crippen LogP contribution in [0.25, 0.3) is 0 Å². The Morgan fingerprint density at radius 1 is 1.41 bits per heavy atom. The maximum atomic E-state index is 5.18. The molecule has 0 aliphatic heterocycles. The summed E-state index contributed by atoms with van der Waals surface area (Å²) in [4.78, 5) is 0. The number of nitrogens with zero attached hydrogens (tertiary/aromatic N) is 2. The van der Waals surface area contributed by atoms with Gasteiger partial charge in [-0.2, -0.15) is 5.10 Å². The molecule has 2 aromatic rings. The smallest absolute Gasteiger partial charge is 0.120 e. The van der Waals surface area contributed by atoms with Gasteiger partial charge < -0.3 is 10.1 Å². The minimum Gasteiger partial charge on any atom is -0.497 e. The molecular weight excluding hydrogens is 214 g/mol. The number of anilines is 1. The number of hydrogen-bond donors (Lipinski definition) is 1. The maximum absolute atomic E-state index is 5.18. The standard InChI is InChI=1S/C13H17N3O/c1-10-11(9-15-16(10)2)8-14-12-5-4-6-13(7-12)17-3/h4-7,9,14H,8H2,1-3H3. The first-order valence-electron chi connectivity index (χ1n) is 5.56. The Bertz CT molecular complexity index is 505. The molecule has 1 N–H and O–H groups in total. The molecule has 0 fully saturated rings. The predicted molar refractivity (Wildman–Crippen MR) is 68.3 cm³/mol. The normalized spacial score (nSPS) is 10.3. The third kappa shape index (κ3) is 2.58. The number of aromatic nitrogens is 2. The summed E-state index contributed by atoms with van der Waals surface area (Å²) in [7, 11) is 3.62. The fraction of sp³-hybridized carbons (Fsp3) is 0.308. The number of aryl methyl sites for hydroxylation is 1. The number of hydrogen-bond acceptors (Lipinski definition) is 3. The quantitative estimate of drug-likeness (QED) is 0.878. The third-order valence-corrected chi connectivity index (χ3v) is 2.89. The highest BCUT2D eigenvalue weighted by atomic mass is 16.5. The van der Waals surface area contributed by atoms with E-state index in [-0.39, 0.29) is 0 Å². The average molecular weight is 231 g/mol. The molecule has 4 heteroatoms. The van der Waals surface area contributed by atoms with E-state index in [1.165, 1.54) is 11.3 Å². The topological polar surface area (TPSA) is 39.1 Å². The van der Waals surface area contributed by atoms with Crippen molar-refractivity contribution in [2.75, 3.05) is 12.4 Å². The van der Waals surface area contributed by atoms with Gasteiger partial charge >= 0.3 is 0 Å². The first kappa shape index (κ1) is 11.5. The van der Waals surface area contributed by atoms with Gasteiger partial charge in [-0.3, -0.25) is 4.68 Å². The van der Waals surface area contributed by atoms with E-state index in [2.05, 4.69) is 17.3 Å². The number of ether oxygens (including phenoxy) is 1. The van der Waals surface area contributed by atoms with Crippen LogP contribution in [0.15, 0.2) is 30.5 Å². The van der Waals surface area contributed by atoms with E-state index in [9.17, 15) is 0 Å². The lowest BCUT2D eigenvalue weighted by atomic mass is 10.2. The van der Waals surface area contributed by atoms with Crippen molar-refractivity contribution in [1.82, 2.24) is 9.78 Å². The van der Waals surface area contributed by atoms with Gasteiger partial charge in [0.15, 0.2) is 0 Å². The van der Waals surface area contributed by atoms with Crippen LogP contribution in [-0.2, 0) is 13.6 Å². The highest BCUT2D eigenvalue weighted by molar-refractivity contribution is 5.48. The van der Waals surface area contributed by atoms with Crippen LogP contribution in [0.1, 0.15) is 11.3 Å². The zero-order chi connectivity index (χ0) is 12.3.